The third-order valence-electron chi connectivity index (χ3n) is 3.95. The van der Waals surface area contributed by atoms with E-state index in [4.69, 9.17) is 4.74 Å². The molecule has 0 saturated carbocycles. The minimum atomic E-state index is -1.25. The topological polar surface area (TPSA) is 46.2 Å². The van der Waals surface area contributed by atoms with Crippen molar-refractivity contribution in [3.63, 3.8) is 0 Å². The van der Waals surface area contributed by atoms with Gasteiger partial charge in [-0.05, 0) is 16.7 Å². The highest BCUT2D eigenvalue weighted by Gasteiger charge is 2.38. The molecule has 24 heavy (non-hydrogen) atoms. The van der Waals surface area contributed by atoms with Gasteiger partial charge < -0.3 is 4.74 Å². The van der Waals surface area contributed by atoms with Gasteiger partial charge in [-0.3, -0.25) is 0 Å². The van der Waals surface area contributed by atoms with Gasteiger partial charge in [0, 0.05) is 0 Å². The zero-order chi connectivity index (χ0) is 16.8. The van der Waals surface area contributed by atoms with E-state index in [-0.39, 0.29) is 0 Å². The number of rotatable bonds is 6. The number of carbonyl (C=O) groups is 1. The van der Waals surface area contributed by atoms with Crippen molar-refractivity contribution in [3.05, 3.63) is 108 Å². The highest BCUT2D eigenvalue weighted by molar-refractivity contribution is 5.68. The summed E-state index contributed by atoms with van der Waals surface area (Å²) in [5.41, 5.74) is 1.58. The summed E-state index contributed by atoms with van der Waals surface area (Å²) in [6.45, 7) is -0.501. The van der Waals surface area contributed by atoms with Crippen LogP contribution in [0.3, 0.4) is 0 Å². The summed E-state index contributed by atoms with van der Waals surface area (Å²) in [7, 11) is 0. The lowest BCUT2D eigenvalue weighted by Gasteiger charge is -2.35. The van der Waals surface area contributed by atoms with Crippen LogP contribution in [0.25, 0.3) is 0 Å². The lowest BCUT2D eigenvalue weighted by Crippen LogP contribution is -2.34. The fourth-order valence-electron chi connectivity index (χ4n) is 2.94. The smallest absolute Gasteiger partial charge is 0.349 e. The second kappa shape index (κ2) is 7.11. The van der Waals surface area contributed by atoms with Crippen molar-refractivity contribution in [2.75, 3.05) is 6.61 Å². The first-order valence-corrected chi connectivity index (χ1v) is 7.74. The summed E-state index contributed by atoms with van der Waals surface area (Å²) in [6, 6.07) is 28.9. The summed E-state index contributed by atoms with van der Waals surface area (Å²) >= 11 is 0. The molecule has 0 N–H and O–H groups in total. The van der Waals surface area contributed by atoms with Crippen LogP contribution in [0.4, 0.5) is 0 Å². The van der Waals surface area contributed by atoms with Crippen LogP contribution in [0.2, 0.25) is 0 Å². The summed E-state index contributed by atoms with van der Waals surface area (Å²) < 4.78 is 5.99. The van der Waals surface area contributed by atoms with Gasteiger partial charge in [-0.15, -0.1) is 0 Å². The molecule has 3 rings (SSSR count). The molecule has 0 atom stereocenters. The van der Waals surface area contributed by atoms with E-state index in [1.165, 1.54) is 0 Å². The molecule has 3 aromatic carbocycles. The van der Waals surface area contributed by atoms with Gasteiger partial charge in [0.25, 0.3) is 0 Å². The molecular formula is C21H17O3. The molecule has 0 unspecified atom stereocenters. The first kappa shape index (κ1) is 16.0. The van der Waals surface area contributed by atoms with Crippen molar-refractivity contribution in [1.29, 1.82) is 0 Å². The van der Waals surface area contributed by atoms with Crippen LogP contribution in [0.1, 0.15) is 16.7 Å². The van der Waals surface area contributed by atoms with Crippen LogP contribution in [0, 0.1) is 0 Å². The minimum Gasteiger partial charge on any atom is -0.349 e. The highest BCUT2D eigenvalue weighted by Crippen LogP contribution is 2.40. The number of ether oxygens (including phenoxy) is 1. The van der Waals surface area contributed by atoms with Crippen LogP contribution in [-0.2, 0) is 20.2 Å². The van der Waals surface area contributed by atoms with Gasteiger partial charge in [-0.2, -0.15) is 0 Å². The van der Waals surface area contributed by atoms with Crippen molar-refractivity contribution in [1.82, 2.24) is 0 Å². The van der Waals surface area contributed by atoms with E-state index in [1.807, 2.05) is 91.0 Å². The number of hydrogen-bond acceptors (Lipinski definition) is 2. The van der Waals surface area contributed by atoms with Crippen LogP contribution < -0.4 is 0 Å². The number of benzene rings is 3. The van der Waals surface area contributed by atoms with E-state index in [2.05, 4.69) is 0 Å². The molecule has 0 heterocycles. The molecule has 3 heteroatoms. The molecule has 0 fully saturated rings. The quantitative estimate of drug-likeness (QED) is 0.646. The van der Waals surface area contributed by atoms with Gasteiger partial charge in [0.05, 0.1) is 0 Å². The molecular weight excluding hydrogens is 300 g/mol. The molecule has 0 amide bonds. The van der Waals surface area contributed by atoms with Gasteiger partial charge in [0.2, 0.25) is 0 Å². The third kappa shape index (κ3) is 3.07. The van der Waals surface area contributed by atoms with Crippen LogP contribution >= 0.6 is 0 Å². The molecule has 0 aliphatic carbocycles. The second-order valence-electron chi connectivity index (χ2n) is 5.44. The number of carbonyl (C=O) groups excluding carboxylic acids is 1. The molecule has 0 saturated heterocycles. The van der Waals surface area contributed by atoms with Crippen LogP contribution in [0.5, 0.6) is 0 Å². The first-order chi connectivity index (χ1) is 11.7. The average molecular weight is 317 g/mol. The normalized spacial score (nSPS) is 11.2. The summed E-state index contributed by atoms with van der Waals surface area (Å²) in [5.74, 6) is -1.25. The largest absolute Gasteiger partial charge is 0.381 e. The van der Waals surface area contributed by atoms with E-state index in [0.29, 0.717) is 0 Å². The zero-order valence-electron chi connectivity index (χ0n) is 13.1. The Morgan fingerprint density at radius 1 is 0.667 bits per heavy atom. The van der Waals surface area contributed by atoms with E-state index in [1.54, 1.807) is 0 Å². The lowest BCUT2D eigenvalue weighted by molar-refractivity contribution is -0.152. The Balaban J connectivity index is 2.26. The second-order valence-corrected chi connectivity index (χ2v) is 5.44. The van der Waals surface area contributed by atoms with Gasteiger partial charge in [0.1, 0.15) is 5.60 Å². The summed E-state index contributed by atoms with van der Waals surface area (Å²) in [5, 5.41) is 11.1. The first-order valence-electron chi connectivity index (χ1n) is 7.74. The predicted octanol–water partition coefficient (Wildman–Crippen LogP) is 3.95. The van der Waals surface area contributed by atoms with Crippen LogP contribution in [0.15, 0.2) is 91.0 Å². The average Bonchev–Trinajstić information content (AvgIpc) is 2.65. The minimum absolute atomic E-state index is 0.501. The standard InChI is InChI=1S/C21H17O3/c22-20(23)16-24-21(17-10-4-1-5-11-17,18-12-6-2-7-13-18)19-14-8-3-9-15-19/h1-15H,16H2. The fraction of sp³-hybridized carbons (Fsp3) is 0.0952. The van der Waals surface area contributed by atoms with Crippen molar-refractivity contribution in [2.24, 2.45) is 0 Å². The van der Waals surface area contributed by atoms with Crippen molar-refractivity contribution in [3.8, 4) is 0 Å². The van der Waals surface area contributed by atoms with E-state index < -0.39 is 18.2 Å². The van der Waals surface area contributed by atoms with E-state index in [0.717, 1.165) is 16.7 Å². The van der Waals surface area contributed by atoms with E-state index in [9.17, 15) is 9.90 Å². The van der Waals surface area contributed by atoms with Gasteiger partial charge in [0.15, 0.2) is 6.61 Å². The molecule has 0 spiro atoms. The Morgan fingerprint density at radius 3 is 1.29 bits per heavy atom. The van der Waals surface area contributed by atoms with Crippen molar-refractivity contribution < 1.29 is 14.6 Å². The molecule has 0 aliphatic heterocycles. The fourth-order valence-corrected chi connectivity index (χ4v) is 2.94. The Kier molecular flexibility index (Phi) is 4.73. The summed E-state index contributed by atoms with van der Waals surface area (Å²) in [6.07, 6.45) is 0. The van der Waals surface area contributed by atoms with Gasteiger partial charge in [-0.1, -0.05) is 91.0 Å². The Morgan fingerprint density at radius 2 is 1.00 bits per heavy atom. The van der Waals surface area contributed by atoms with Crippen molar-refractivity contribution in [2.45, 2.75) is 5.60 Å². The maximum absolute atomic E-state index is 11.1. The molecule has 0 aromatic heterocycles. The summed E-state index contributed by atoms with van der Waals surface area (Å²) in [4.78, 5) is 11.1. The molecule has 0 aliphatic rings. The zero-order valence-corrected chi connectivity index (χ0v) is 13.1. The molecule has 1 radical (unpaired) electrons. The maximum atomic E-state index is 11.1. The predicted molar refractivity (Wildman–Crippen MR) is 90.9 cm³/mol. The van der Waals surface area contributed by atoms with Crippen LogP contribution in [-0.4, -0.2) is 12.6 Å². The molecule has 3 aromatic rings. The van der Waals surface area contributed by atoms with E-state index >= 15 is 0 Å². The Hall–Kier alpha value is -2.91. The number of hydrogen-bond donors (Lipinski definition) is 0. The molecule has 119 valence electrons. The Bertz CT molecular complexity index is 686. The van der Waals surface area contributed by atoms with Gasteiger partial charge in [-0.25, -0.2) is 9.90 Å². The molecule has 0 bridgehead atoms. The lowest BCUT2D eigenvalue weighted by atomic mass is 9.80. The maximum Gasteiger partial charge on any atom is 0.381 e. The Labute approximate surface area is 141 Å². The molecule has 3 nitrogen and oxygen atoms in total. The monoisotopic (exact) mass is 317 g/mol. The SMILES string of the molecule is [O]C(=O)COC(c1ccccc1)(c1ccccc1)c1ccccc1. The highest BCUT2D eigenvalue weighted by atomic mass is 16.5. The van der Waals surface area contributed by atoms with Crippen molar-refractivity contribution >= 4 is 5.97 Å². The van der Waals surface area contributed by atoms with Gasteiger partial charge >= 0.3 is 5.97 Å². The third-order valence-corrected chi connectivity index (χ3v) is 3.95.